The Labute approximate surface area is 146 Å². The predicted molar refractivity (Wildman–Crippen MR) is 84.1 cm³/mol. The molecule has 2 nitrogen and oxygen atoms in total. The van der Waals surface area contributed by atoms with Gasteiger partial charge in [-0.25, -0.2) is 0 Å². The minimum absolute atomic E-state index is 0.0202. The van der Waals surface area contributed by atoms with Gasteiger partial charge in [0.1, 0.15) is 13.2 Å². The van der Waals surface area contributed by atoms with Crippen molar-refractivity contribution in [3.63, 3.8) is 0 Å². The zero-order valence-corrected chi connectivity index (χ0v) is 15.4. The van der Waals surface area contributed by atoms with E-state index in [0.717, 1.165) is 26.2 Å². The summed E-state index contributed by atoms with van der Waals surface area (Å²) >= 11 is 0. The van der Waals surface area contributed by atoms with Gasteiger partial charge in [-0.3, -0.25) is 0 Å². The SMILES string of the molecule is CC(C)CCCC(C)CCCC(C)(OCC(F)(F)F)OCC(F)(F)F. The molecule has 0 radical (unpaired) electrons. The van der Waals surface area contributed by atoms with Crippen molar-refractivity contribution in [1.82, 2.24) is 0 Å². The van der Waals surface area contributed by atoms with Gasteiger partial charge in [0.2, 0.25) is 0 Å². The second kappa shape index (κ2) is 10.6. The van der Waals surface area contributed by atoms with Crippen molar-refractivity contribution in [3.8, 4) is 0 Å². The van der Waals surface area contributed by atoms with Crippen molar-refractivity contribution in [2.24, 2.45) is 11.8 Å². The molecule has 0 spiro atoms. The standard InChI is InChI=1S/C17H30F6O2/c1-13(2)7-5-8-14(3)9-6-10-15(4,24-11-16(18,19)20)25-12-17(21,22)23/h13-14H,5-12H2,1-4H3. The first-order valence-electron chi connectivity index (χ1n) is 8.64. The second-order valence-corrected chi connectivity index (χ2v) is 7.26. The van der Waals surface area contributed by atoms with Crippen LogP contribution in [0, 0.1) is 11.8 Å². The molecule has 0 amide bonds. The van der Waals surface area contributed by atoms with Crippen molar-refractivity contribution in [1.29, 1.82) is 0 Å². The predicted octanol–water partition coefficient (Wildman–Crippen LogP) is 6.49. The van der Waals surface area contributed by atoms with Crippen LogP contribution in [0.3, 0.4) is 0 Å². The van der Waals surface area contributed by atoms with Crippen molar-refractivity contribution in [2.45, 2.75) is 84.4 Å². The van der Waals surface area contributed by atoms with Crippen LogP contribution in [0.1, 0.15) is 66.2 Å². The number of halogens is 6. The van der Waals surface area contributed by atoms with Crippen LogP contribution >= 0.6 is 0 Å². The largest absolute Gasteiger partial charge is 0.411 e. The van der Waals surface area contributed by atoms with Crippen LogP contribution in [0.2, 0.25) is 0 Å². The molecule has 1 atom stereocenters. The molecule has 0 N–H and O–H groups in total. The molecule has 1 unspecified atom stereocenters. The molecule has 0 aliphatic rings. The Morgan fingerprint density at radius 3 is 1.56 bits per heavy atom. The highest BCUT2D eigenvalue weighted by molar-refractivity contribution is 4.68. The van der Waals surface area contributed by atoms with Gasteiger partial charge in [0.15, 0.2) is 5.79 Å². The highest BCUT2D eigenvalue weighted by atomic mass is 19.4. The van der Waals surface area contributed by atoms with Gasteiger partial charge in [0, 0.05) is 6.42 Å². The average Bonchev–Trinajstić information content (AvgIpc) is 2.41. The summed E-state index contributed by atoms with van der Waals surface area (Å²) in [7, 11) is 0. The fraction of sp³-hybridized carbons (Fsp3) is 1.00. The quantitative estimate of drug-likeness (QED) is 0.284. The van der Waals surface area contributed by atoms with Gasteiger partial charge in [-0.2, -0.15) is 26.3 Å². The highest BCUT2D eigenvalue weighted by Crippen LogP contribution is 2.29. The highest BCUT2D eigenvalue weighted by Gasteiger charge is 2.38. The lowest BCUT2D eigenvalue weighted by molar-refractivity contribution is -0.305. The summed E-state index contributed by atoms with van der Waals surface area (Å²) in [5.74, 6) is -0.932. The van der Waals surface area contributed by atoms with Crippen LogP contribution in [-0.4, -0.2) is 31.4 Å². The van der Waals surface area contributed by atoms with Gasteiger partial charge in [0.25, 0.3) is 0 Å². The van der Waals surface area contributed by atoms with Gasteiger partial charge >= 0.3 is 12.4 Å². The van der Waals surface area contributed by atoms with E-state index in [0.29, 0.717) is 24.7 Å². The maximum Gasteiger partial charge on any atom is 0.411 e. The third kappa shape index (κ3) is 15.5. The monoisotopic (exact) mass is 380 g/mol. The zero-order chi connectivity index (χ0) is 19.7. The molecule has 0 aromatic carbocycles. The van der Waals surface area contributed by atoms with E-state index >= 15 is 0 Å². The molecule has 0 aliphatic carbocycles. The first-order chi connectivity index (χ1) is 11.2. The van der Waals surface area contributed by atoms with Crippen LogP contribution in [0.5, 0.6) is 0 Å². The van der Waals surface area contributed by atoms with Crippen molar-refractivity contribution < 1.29 is 35.8 Å². The normalized spacial score (nSPS) is 15.0. The van der Waals surface area contributed by atoms with E-state index in [1.807, 2.05) is 6.92 Å². The molecule has 0 heterocycles. The number of alkyl halides is 6. The van der Waals surface area contributed by atoms with Gasteiger partial charge in [-0.1, -0.05) is 46.5 Å². The van der Waals surface area contributed by atoms with E-state index in [9.17, 15) is 26.3 Å². The topological polar surface area (TPSA) is 18.5 Å². The Morgan fingerprint density at radius 1 is 0.720 bits per heavy atom. The molecule has 152 valence electrons. The number of hydrogen-bond donors (Lipinski definition) is 0. The Kier molecular flexibility index (Phi) is 10.4. The van der Waals surface area contributed by atoms with Crippen LogP contribution in [0.25, 0.3) is 0 Å². The first kappa shape index (κ1) is 24.5. The van der Waals surface area contributed by atoms with Gasteiger partial charge in [-0.05, 0) is 25.2 Å². The summed E-state index contributed by atoms with van der Waals surface area (Å²) in [4.78, 5) is 0. The van der Waals surface area contributed by atoms with E-state index in [2.05, 4.69) is 23.3 Å². The summed E-state index contributed by atoms with van der Waals surface area (Å²) < 4.78 is 83.1. The van der Waals surface area contributed by atoms with E-state index in [1.54, 1.807) is 0 Å². The van der Waals surface area contributed by atoms with Crippen LogP contribution in [0.15, 0.2) is 0 Å². The van der Waals surface area contributed by atoms with Crippen molar-refractivity contribution >= 4 is 0 Å². The van der Waals surface area contributed by atoms with E-state index < -0.39 is 31.4 Å². The van der Waals surface area contributed by atoms with Crippen LogP contribution in [-0.2, 0) is 9.47 Å². The lowest BCUT2D eigenvalue weighted by Gasteiger charge is -2.31. The smallest absolute Gasteiger partial charge is 0.341 e. The van der Waals surface area contributed by atoms with E-state index in [-0.39, 0.29) is 6.42 Å². The van der Waals surface area contributed by atoms with Gasteiger partial charge in [-0.15, -0.1) is 0 Å². The molecule has 25 heavy (non-hydrogen) atoms. The lowest BCUT2D eigenvalue weighted by Crippen LogP contribution is -2.39. The lowest BCUT2D eigenvalue weighted by atomic mass is 9.94. The Morgan fingerprint density at radius 2 is 1.16 bits per heavy atom. The van der Waals surface area contributed by atoms with Crippen LogP contribution in [0.4, 0.5) is 26.3 Å². The summed E-state index contributed by atoms with van der Waals surface area (Å²) in [6.45, 7) is 4.16. The fourth-order valence-electron chi connectivity index (χ4n) is 2.45. The molecule has 0 saturated heterocycles. The molecule has 0 saturated carbocycles. The zero-order valence-electron chi connectivity index (χ0n) is 15.4. The maximum atomic E-state index is 12.3. The van der Waals surface area contributed by atoms with E-state index in [1.165, 1.54) is 0 Å². The maximum absolute atomic E-state index is 12.3. The summed E-state index contributed by atoms with van der Waals surface area (Å²) in [6.07, 6.45) is -4.96. The molecule has 0 rings (SSSR count). The van der Waals surface area contributed by atoms with E-state index in [4.69, 9.17) is 0 Å². The van der Waals surface area contributed by atoms with Gasteiger partial charge < -0.3 is 9.47 Å². The molecule has 8 heteroatoms. The molecular formula is C17H30F6O2. The number of hydrogen-bond acceptors (Lipinski definition) is 2. The summed E-state index contributed by atoms with van der Waals surface area (Å²) in [5.41, 5.74) is 0. The molecule has 0 aromatic rings. The molecule has 0 bridgehead atoms. The Hall–Kier alpha value is -0.500. The van der Waals surface area contributed by atoms with Gasteiger partial charge in [0.05, 0.1) is 0 Å². The van der Waals surface area contributed by atoms with Crippen molar-refractivity contribution in [2.75, 3.05) is 13.2 Å². The second-order valence-electron chi connectivity index (χ2n) is 7.26. The fourth-order valence-corrected chi connectivity index (χ4v) is 2.45. The number of ether oxygens (including phenoxy) is 2. The Balaban J connectivity index is 4.41. The minimum Gasteiger partial charge on any atom is -0.341 e. The minimum atomic E-state index is -4.62. The summed E-state index contributed by atoms with van der Waals surface area (Å²) in [5, 5.41) is 0. The molecule has 0 aliphatic heterocycles. The van der Waals surface area contributed by atoms with Crippen LogP contribution < -0.4 is 0 Å². The van der Waals surface area contributed by atoms with Crippen molar-refractivity contribution in [3.05, 3.63) is 0 Å². The summed E-state index contributed by atoms with van der Waals surface area (Å²) in [6, 6.07) is 0. The first-order valence-corrected chi connectivity index (χ1v) is 8.64. The Bertz CT molecular complexity index is 334. The number of rotatable bonds is 12. The third-order valence-electron chi connectivity index (χ3n) is 3.89. The average molecular weight is 380 g/mol. The molecular weight excluding hydrogens is 350 g/mol. The molecule has 0 aromatic heterocycles. The molecule has 0 fully saturated rings. The third-order valence-corrected chi connectivity index (χ3v) is 3.89.